The summed E-state index contributed by atoms with van der Waals surface area (Å²) in [6.45, 7) is -0.0000527. The van der Waals surface area contributed by atoms with Crippen molar-refractivity contribution < 1.29 is 45.8 Å². The van der Waals surface area contributed by atoms with Crippen LogP contribution in [0.5, 0.6) is 0 Å². The summed E-state index contributed by atoms with van der Waals surface area (Å²) >= 11 is 7.45. The molecule has 1 saturated heterocycles. The molecule has 1 aliphatic carbocycles. The van der Waals surface area contributed by atoms with Gasteiger partial charge in [0.05, 0.1) is 22.5 Å². The van der Waals surface area contributed by atoms with E-state index in [-0.39, 0.29) is 51.3 Å². The number of amides is 2. The number of carboxylic acid groups (broad SMARTS) is 1. The van der Waals surface area contributed by atoms with E-state index in [0.717, 1.165) is 23.1 Å². The van der Waals surface area contributed by atoms with Gasteiger partial charge >= 0.3 is 18.3 Å². The average molecular weight is 623 g/mol. The van der Waals surface area contributed by atoms with E-state index >= 15 is 0 Å². The number of aliphatic carboxylic acids is 1. The molecule has 2 atom stereocenters. The van der Waals surface area contributed by atoms with Gasteiger partial charge in [0.15, 0.2) is 0 Å². The van der Waals surface area contributed by atoms with Gasteiger partial charge in [-0.1, -0.05) is 24.0 Å². The lowest BCUT2D eigenvalue weighted by Gasteiger charge is -2.22. The number of halogens is 6. The zero-order chi connectivity index (χ0) is 29.4. The molecule has 1 aromatic carbocycles. The predicted molar refractivity (Wildman–Crippen MR) is 141 cm³/mol. The number of alkyl halides is 6. The Kier molecular flexibility index (Phi) is 8.66. The van der Waals surface area contributed by atoms with Gasteiger partial charge in [-0.05, 0) is 66.1 Å². The number of nitrogens with zero attached hydrogens (tertiary/aromatic N) is 1. The van der Waals surface area contributed by atoms with Gasteiger partial charge in [0.25, 0.3) is 5.91 Å². The van der Waals surface area contributed by atoms with Gasteiger partial charge in [-0.3, -0.25) is 19.3 Å². The third kappa shape index (κ3) is 6.86. The maximum absolute atomic E-state index is 13.2. The van der Waals surface area contributed by atoms with Gasteiger partial charge in [0.2, 0.25) is 5.91 Å². The summed E-state index contributed by atoms with van der Waals surface area (Å²) in [6.07, 6.45) is -7.32. The van der Waals surface area contributed by atoms with Crippen molar-refractivity contribution in [2.45, 2.75) is 44.1 Å². The molecule has 2 N–H and O–H groups in total. The minimum atomic E-state index is -4.97. The van der Waals surface area contributed by atoms with Gasteiger partial charge in [0, 0.05) is 23.4 Å². The van der Waals surface area contributed by atoms with Crippen LogP contribution >= 0.6 is 35.3 Å². The first-order valence-corrected chi connectivity index (χ1v) is 13.9. The van der Waals surface area contributed by atoms with Crippen molar-refractivity contribution in [2.75, 3.05) is 6.54 Å². The van der Waals surface area contributed by atoms with Crippen molar-refractivity contribution in [2.24, 2.45) is 5.92 Å². The number of rotatable bonds is 7. The summed E-state index contributed by atoms with van der Waals surface area (Å²) in [7, 11) is 0. The van der Waals surface area contributed by atoms with Crippen LogP contribution in [0.3, 0.4) is 0 Å². The number of benzene rings is 1. The fourth-order valence-corrected chi connectivity index (χ4v) is 6.81. The van der Waals surface area contributed by atoms with E-state index in [9.17, 15) is 40.7 Å². The van der Waals surface area contributed by atoms with Crippen LogP contribution in [0.1, 0.15) is 41.7 Å². The lowest BCUT2D eigenvalue weighted by Crippen LogP contribution is -2.38. The quantitative estimate of drug-likeness (QED) is 0.211. The van der Waals surface area contributed by atoms with Crippen LogP contribution < -0.4 is 5.32 Å². The van der Waals surface area contributed by atoms with Crippen molar-refractivity contribution in [1.29, 1.82) is 0 Å². The Hall–Kier alpha value is -2.91. The summed E-state index contributed by atoms with van der Waals surface area (Å²) in [6, 6.07) is 2.43. The Morgan fingerprint density at radius 2 is 1.70 bits per heavy atom. The van der Waals surface area contributed by atoms with Gasteiger partial charge < -0.3 is 10.4 Å². The molecule has 0 spiro atoms. The predicted octanol–water partition coefficient (Wildman–Crippen LogP) is 6.41. The van der Waals surface area contributed by atoms with Crippen LogP contribution in [0.25, 0.3) is 17.2 Å². The molecule has 0 radical (unpaired) electrons. The molecular weight excluding hydrogens is 602 g/mol. The summed E-state index contributed by atoms with van der Waals surface area (Å²) in [5.41, 5.74) is -2.96. The smallest absolute Gasteiger partial charge is 0.416 e. The molecule has 2 amide bonds. The third-order valence-electron chi connectivity index (χ3n) is 6.42. The zero-order valence-electron chi connectivity index (χ0n) is 20.3. The minimum Gasteiger partial charge on any atom is -0.481 e. The lowest BCUT2D eigenvalue weighted by atomic mass is 10.0. The molecule has 1 aliphatic heterocycles. The lowest BCUT2D eigenvalue weighted by molar-refractivity contribution is -0.143. The van der Waals surface area contributed by atoms with Crippen LogP contribution in [0, 0.1) is 5.92 Å². The SMILES string of the molecule is O=C(O)CCNC(=O)[C@@H]1CC[C@H](N2C(=O)C(=Cc3cc(-c4cc(C(F)(F)F)cc(C(F)(F)F)c4)cs3)SC2=S)C1. The summed E-state index contributed by atoms with van der Waals surface area (Å²) in [5, 5.41) is 12.7. The second-order valence-electron chi connectivity index (χ2n) is 9.18. The Labute approximate surface area is 237 Å². The molecule has 2 fully saturated rings. The molecule has 2 aliphatic rings. The van der Waals surface area contributed by atoms with E-state index in [1.807, 2.05) is 0 Å². The van der Waals surface area contributed by atoms with Crippen molar-refractivity contribution in [1.82, 2.24) is 10.2 Å². The first-order chi connectivity index (χ1) is 18.6. The fourth-order valence-electron chi connectivity index (χ4n) is 4.49. The van der Waals surface area contributed by atoms with Gasteiger partial charge in [-0.25, -0.2) is 0 Å². The molecule has 2 aromatic rings. The normalized spacial score (nSPS) is 20.9. The van der Waals surface area contributed by atoms with Gasteiger partial charge in [-0.2, -0.15) is 26.3 Å². The molecule has 15 heteroatoms. The summed E-state index contributed by atoms with van der Waals surface area (Å²) in [5.74, 6) is -2.13. The maximum Gasteiger partial charge on any atom is 0.416 e. The molecule has 1 saturated carbocycles. The third-order valence-corrected chi connectivity index (χ3v) is 8.63. The highest BCUT2D eigenvalue weighted by Gasteiger charge is 2.42. The van der Waals surface area contributed by atoms with Gasteiger partial charge in [-0.15, -0.1) is 11.3 Å². The van der Waals surface area contributed by atoms with E-state index in [4.69, 9.17) is 17.3 Å². The zero-order valence-corrected chi connectivity index (χ0v) is 22.7. The summed E-state index contributed by atoms with van der Waals surface area (Å²) in [4.78, 5) is 38.2. The number of hydrogen-bond donors (Lipinski definition) is 2. The number of nitrogens with one attached hydrogen (secondary N) is 1. The Bertz CT molecular complexity index is 1350. The van der Waals surface area contributed by atoms with Crippen LogP contribution in [0.15, 0.2) is 34.6 Å². The molecule has 1 aromatic heterocycles. The first-order valence-electron chi connectivity index (χ1n) is 11.8. The topological polar surface area (TPSA) is 86.7 Å². The molecule has 40 heavy (non-hydrogen) atoms. The molecular formula is C25H20F6N2O4S3. The highest BCUT2D eigenvalue weighted by Crippen LogP contribution is 2.42. The number of thiocarbonyl (C=S) groups is 1. The Morgan fingerprint density at radius 3 is 2.30 bits per heavy atom. The van der Waals surface area contributed by atoms with Crippen LogP contribution in [0.4, 0.5) is 26.3 Å². The van der Waals surface area contributed by atoms with Crippen LogP contribution in [-0.2, 0) is 26.7 Å². The molecule has 4 rings (SSSR count). The molecule has 214 valence electrons. The highest BCUT2D eigenvalue weighted by molar-refractivity contribution is 8.26. The van der Waals surface area contributed by atoms with Crippen LogP contribution in [-0.4, -0.2) is 44.7 Å². The number of carbonyl (C=O) groups excluding carboxylic acids is 2. The molecule has 6 nitrogen and oxygen atoms in total. The Balaban J connectivity index is 1.49. The molecule has 2 heterocycles. The largest absolute Gasteiger partial charge is 0.481 e. The van der Waals surface area contributed by atoms with Crippen molar-refractivity contribution in [3.05, 3.63) is 50.6 Å². The van der Waals surface area contributed by atoms with E-state index < -0.39 is 41.3 Å². The number of thiophene rings is 1. The first kappa shape index (κ1) is 30.1. The second kappa shape index (κ2) is 11.5. The molecule has 0 unspecified atom stereocenters. The second-order valence-corrected chi connectivity index (χ2v) is 11.8. The average Bonchev–Trinajstić information content (AvgIpc) is 3.57. The summed E-state index contributed by atoms with van der Waals surface area (Å²) < 4.78 is 79.8. The molecule has 0 bridgehead atoms. The Morgan fingerprint density at radius 1 is 1.05 bits per heavy atom. The maximum atomic E-state index is 13.2. The van der Waals surface area contributed by atoms with Crippen molar-refractivity contribution >= 4 is 63.5 Å². The number of thioether (sulfide) groups is 1. The van der Waals surface area contributed by atoms with E-state index in [0.29, 0.717) is 36.3 Å². The van der Waals surface area contributed by atoms with E-state index in [2.05, 4.69) is 5.32 Å². The monoisotopic (exact) mass is 622 g/mol. The minimum absolute atomic E-state index is 0.0000527. The van der Waals surface area contributed by atoms with Crippen molar-refractivity contribution in [3.8, 4) is 11.1 Å². The fraction of sp³-hybridized carbons (Fsp3) is 0.360. The number of carboxylic acids is 1. The van der Waals surface area contributed by atoms with E-state index in [1.165, 1.54) is 22.4 Å². The number of carbonyl (C=O) groups is 3. The van der Waals surface area contributed by atoms with Crippen molar-refractivity contribution in [3.63, 3.8) is 0 Å². The standard InChI is InChI=1S/C25H20F6N2O4S3/c26-24(27,28)15-5-13(6-16(9-15)25(29,30)31)14-8-18(39-11-14)10-19-22(37)33(23(38)40-19)17-2-1-12(7-17)21(36)32-4-3-20(34)35/h5-6,8-12,17H,1-4,7H2,(H,32,36)(H,34,35)/t12-,17+/m1/s1. The highest BCUT2D eigenvalue weighted by atomic mass is 32.2. The number of hydrogen-bond acceptors (Lipinski definition) is 6. The van der Waals surface area contributed by atoms with Gasteiger partial charge in [0.1, 0.15) is 4.32 Å². The van der Waals surface area contributed by atoms with Crippen LogP contribution in [0.2, 0.25) is 0 Å². The van der Waals surface area contributed by atoms with E-state index in [1.54, 1.807) is 0 Å².